The maximum atomic E-state index is 12.3. The molecule has 3 nitrogen and oxygen atoms in total. The second-order valence-electron chi connectivity index (χ2n) is 13.1. The van der Waals surface area contributed by atoms with Gasteiger partial charge in [0.25, 0.3) is 0 Å². The van der Waals surface area contributed by atoms with E-state index >= 15 is 0 Å². The number of hydrogen-bond acceptors (Lipinski definition) is 3. The highest BCUT2D eigenvalue weighted by atomic mass is 28.4. The van der Waals surface area contributed by atoms with Crippen LogP contribution >= 0.6 is 0 Å². The minimum Gasteiger partial charge on any atom is -0.543 e. The van der Waals surface area contributed by atoms with Crippen molar-refractivity contribution >= 4 is 14.3 Å². The van der Waals surface area contributed by atoms with Gasteiger partial charge in [-0.3, -0.25) is 4.79 Å². The molecular weight excluding hydrogens is 436 g/mol. The lowest BCUT2D eigenvalue weighted by atomic mass is 9.54. The summed E-state index contributed by atoms with van der Waals surface area (Å²) < 4.78 is 12.2. The molecule has 0 N–H and O–H groups in total. The number of carbonyl (C=O) groups excluding carboxylic acids is 1. The van der Waals surface area contributed by atoms with Crippen molar-refractivity contribution in [3.05, 3.63) is 28.8 Å². The lowest BCUT2D eigenvalue weighted by Crippen LogP contribution is -2.44. The van der Waals surface area contributed by atoms with Gasteiger partial charge in [-0.25, -0.2) is 0 Å². The minimum atomic E-state index is -1.87. The number of hydrogen-bond donors (Lipinski definition) is 0. The van der Waals surface area contributed by atoms with Crippen LogP contribution in [0.25, 0.3) is 0 Å². The molecule has 3 aliphatic carbocycles. The first-order valence-electron chi connectivity index (χ1n) is 13.9. The van der Waals surface area contributed by atoms with E-state index in [-0.39, 0.29) is 11.0 Å². The van der Waals surface area contributed by atoms with Crippen LogP contribution in [0, 0.1) is 23.2 Å². The van der Waals surface area contributed by atoms with Gasteiger partial charge in [-0.15, -0.1) is 0 Å². The van der Waals surface area contributed by atoms with Crippen molar-refractivity contribution in [2.75, 3.05) is 6.61 Å². The summed E-state index contributed by atoms with van der Waals surface area (Å²) in [5.41, 5.74) is 4.84. The summed E-state index contributed by atoms with van der Waals surface area (Å²) >= 11 is 0. The van der Waals surface area contributed by atoms with Crippen LogP contribution in [0.4, 0.5) is 0 Å². The Balaban J connectivity index is 1.58. The molecule has 0 aromatic heterocycles. The molecule has 190 valence electrons. The van der Waals surface area contributed by atoms with Gasteiger partial charge >= 0.3 is 5.97 Å². The third-order valence-corrected chi connectivity index (χ3v) is 14.7. The Labute approximate surface area is 209 Å². The molecule has 1 aromatic carbocycles. The second kappa shape index (κ2) is 9.30. The summed E-state index contributed by atoms with van der Waals surface area (Å²) in [5, 5.41) is 0.204. The summed E-state index contributed by atoms with van der Waals surface area (Å²) in [6, 6.07) is 4.96. The third kappa shape index (κ3) is 4.49. The summed E-state index contributed by atoms with van der Waals surface area (Å²) in [7, 11) is -1.87. The first kappa shape index (κ1) is 25.8. The molecular formula is C30H48O3Si. The van der Waals surface area contributed by atoms with Crippen molar-refractivity contribution in [1.82, 2.24) is 0 Å². The largest absolute Gasteiger partial charge is 0.543 e. The molecule has 5 atom stereocenters. The first-order chi connectivity index (χ1) is 15.9. The zero-order valence-corrected chi connectivity index (χ0v) is 24.1. The van der Waals surface area contributed by atoms with Gasteiger partial charge in [0.05, 0.1) is 6.61 Å². The van der Waals surface area contributed by atoms with Crippen LogP contribution in [0.15, 0.2) is 12.1 Å². The van der Waals surface area contributed by atoms with E-state index in [4.69, 9.17) is 9.16 Å². The van der Waals surface area contributed by atoms with Crippen LogP contribution in [0.3, 0.4) is 0 Å². The van der Waals surface area contributed by atoms with Crippen molar-refractivity contribution in [2.45, 2.75) is 117 Å². The Morgan fingerprint density at radius 3 is 2.50 bits per heavy atom. The van der Waals surface area contributed by atoms with Crippen molar-refractivity contribution < 1.29 is 14.0 Å². The van der Waals surface area contributed by atoms with Crippen molar-refractivity contribution in [3.8, 4) is 5.75 Å². The topological polar surface area (TPSA) is 35.5 Å². The fraction of sp³-hybridized carbons (Fsp3) is 0.767. The SMILES string of the molecule is CCOC(=O)C[C@H]1CCC2C3CCc4cc(O[Si](C)(C)C(C)(C)C)c(CC)cc4C3CC[C@@]21C. The molecule has 0 spiro atoms. The molecule has 2 saturated carbocycles. The molecule has 3 unspecified atom stereocenters. The van der Waals surface area contributed by atoms with Gasteiger partial charge in [0, 0.05) is 6.42 Å². The number of aryl methyl sites for hydroxylation is 2. The number of ether oxygens (including phenoxy) is 1. The molecule has 0 bridgehead atoms. The number of benzene rings is 1. The number of rotatable bonds is 6. The van der Waals surface area contributed by atoms with Crippen molar-refractivity contribution in [1.29, 1.82) is 0 Å². The standard InChI is InChI=1S/C30H48O3Si/c1-9-20-17-25-21(18-27(20)33-34(7,8)29(3,4)5)11-13-24-23(25)15-16-30(6)22(12-14-26(24)30)19-28(31)32-10-2/h17-18,22-24,26H,9-16,19H2,1-8H3/t22-,23?,24?,26?,30-/m1/s1. The molecule has 4 rings (SSSR count). The van der Waals surface area contributed by atoms with E-state index in [0.717, 1.165) is 24.0 Å². The van der Waals surface area contributed by atoms with Crippen molar-refractivity contribution in [3.63, 3.8) is 0 Å². The summed E-state index contributed by atoms with van der Waals surface area (Å²) in [4.78, 5) is 12.3. The Kier molecular flexibility index (Phi) is 7.05. The molecule has 0 radical (unpaired) electrons. The molecule has 0 heterocycles. The van der Waals surface area contributed by atoms with Gasteiger partial charge in [0.1, 0.15) is 5.75 Å². The van der Waals surface area contributed by atoms with Gasteiger partial charge in [-0.1, -0.05) is 40.7 Å². The van der Waals surface area contributed by atoms with E-state index in [2.05, 4.69) is 59.8 Å². The van der Waals surface area contributed by atoms with Crippen LogP contribution < -0.4 is 4.43 Å². The van der Waals surface area contributed by atoms with Gasteiger partial charge in [-0.2, -0.15) is 0 Å². The highest BCUT2D eigenvalue weighted by Crippen LogP contribution is 2.63. The monoisotopic (exact) mass is 484 g/mol. The quantitative estimate of drug-likeness (QED) is 0.302. The average molecular weight is 485 g/mol. The zero-order chi connectivity index (χ0) is 24.9. The second-order valence-corrected chi connectivity index (χ2v) is 17.8. The average Bonchev–Trinajstić information content (AvgIpc) is 3.08. The normalized spacial score (nSPS) is 30.8. The molecule has 0 amide bonds. The Morgan fingerprint density at radius 2 is 1.85 bits per heavy atom. The van der Waals surface area contributed by atoms with Gasteiger partial charge in [0.15, 0.2) is 0 Å². The Bertz CT molecular complexity index is 914. The van der Waals surface area contributed by atoms with Crippen LogP contribution in [-0.2, 0) is 22.4 Å². The number of esters is 1. The van der Waals surface area contributed by atoms with E-state index in [9.17, 15) is 4.79 Å². The first-order valence-corrected chi connectivity index (χ1v) is 16.8. The third-order valence-electron chi connectivity index (χ3n) is 10.4. The lowest BCUT2D eigenvalue weighted by molar-refractivity contribution is -0.145. The van der Waals surface area contributed by atoms with E-state index < -0.39 is 8.32 Å². The fourth-order valence-corrected chi connectivity index (χ4v) is 8.36. The molecule has 1 aromatic rings. The van der Waals surface area contributed by atoms with Crippen molar-refractivity contribution in [2.24, 2.45) is 23.2 Å². The Morgan fingerprint density at radius 1 is 1.12 bits per heavy atom. The van der Waals surface area contributed by atoms with Gasteiger partial charge < -0.3 is 9.16 Å². The van der Waals surface area contributed by atoms with E-state index in [1.807, 2.05) is 6.92 Å². The highest BCUT2D eigenvalue weighted by Gasteiger charge is 2.55. The number of carbonyl (C=O) groups is 1. The molecule has 34 heavy (non-hydrogen) atoms. The zero-order valence-electron chi connectivity index (χ0n) is 23.1. The maximum absolute atomic E-state index is 12.3. The molecule has 0 aliphatic heterocycles. The van der Waals surface area contributed by atoms with Gasteiger partial charge in [0.2, 0.25) is 8.32 Å². The van der Waals surface area contributed by atoms with Crippen LogP contribution in [0.2, 0.25) is 18.1 Å². The van der Waals surface area contributed by atoms with Crippen LogP contribution in [-0.4, -0.2) is 20.9 Å². The van der Waals surface area contributed by atoms with E-state index in [1.165, 1.54) is 49.7 Å². The smallest absolute Gasteiger partial charge is 0.306 e. The molecule has 2 fully saturated rings. The minimum absolute atomic E-state index is 0.00679. The van der Waals surface area contributed by atoms with E-state index in [0.29, 0.717) is 30.3 Å². The summed E-state index contributed by atoms with van der Waals surface area (Å²) in [6.07, 6.45) is 9.07. The molecule has 4 heteroatoms. The highest BCUT2D eigenvalue weighted by molar-refractivity contribution is 6.74. The van der Waals surface area contributed by atoms with Gasteiger partial charge in [-0.05, 0) is 122 Å². The van der Waals surface area contributed by atoms with E-state index in [1.54, 1.807) is 5.56 Å². The van der Waals surface area contributed by atoms with Crippen LogP contribution in [0.5, 0.6) is 5.75 Å². The predicted molar refractivity (Wildman–Crippen MR) is 143 cm³/mol. The number of fused-ring (bicyclic) bond motifs is 5. The van der Waals surface area contributed by atoms with Crippen LogP contribution in [0.1, 0.15) is 103 Å². The predicted octanol–water partition coefficient (Wildman–Crippen LogP) is 8.06. The lowest BCUT2D eigenvalue weighted by Gasteiger charge is -2.51. The maximum Gasteiger partial charge on any atom is 0.306 e. The summed E-state index contributed by atoms with van der Waals surface area (Å²) in [6.45, 7) is 18.9. The molecule has 0 saturated heterocycles. The fourth-order valence-electron chi connectivity index (χ4n) is 7.31. The summed E-state index contributed by atoms with van der Waals surface area (Å²) in [5.74, 6) is 3.83. The Hall–Kier alpha value is -1.29. The molecule has 3 aliphatic rings.